The van der Waals surface area contributed by atoms with E-state index in [1.54, 1.807) is 0 Å². The highest BCUT2D eigenvalue weighted by Crippen LogP contribution is 2.42. The normalized spacial score (nSPS) is 11.7. The standard InChI is InChI=1S/C19H22N4O/c1-3-9-21-17-14-11-13-7-5-6-8-16(13)24-19(14)23-18(15(17)12-20)22-10-4-2/h5-8H,3-4,9-11H2,1-2H3,(H2,21,22,23). The van der Waals surface area contributed by atoms with Gasteiger partial charge in [0.25, 0.3) is 0 Å². The highest BCUT2D eigenvalue weighted by Gasteiger charge is 2.25. The second-order valence-corrected chi connectivity index (χ2v) is 5.85. The number of benzene rings is 1. The third kappa shape index (κ3) is 3.00. The van der Waals surface area contributed by atoms with Crippen molar-refractivity contribution in [3.8, 4) is 17.7 Å². The van der Waals surface area contributed by atoms with Crippen LogP contribution in [0.3, 0.4) is 0 Å². The maximum atomic E-state index is 9.68. The van der Waals surface area contributed by atoms with Gasteiger partial charge in [0.15, 0.2) is 0 Å². The SMILES string of the molecule is CCCNc1nc2c(c(NCCC)c1C#N)Cc1ccccc1O2. The number of anilines is 2. The lowest BCUT2D eigenvalue weighted by Gasteiger charge is -2.24. The predicted molar refractivity (Wildman–Crippen MR) is 95.8 cm³/mol. The van der Waals surface area contributed by atoms with E-state index in [0.29, 0.717) is 23.7 Å². The molecule has 0 saturated carbocycles. The number of nitriles is 1. The van der Waals surface area contributed by atoms with Crippen LogP contribution in [-0.2, 0) is 6.42 Å². The summed E-state index contributed by atoms with van der Waals surface area (Å²) < 4.78 is 6.02. The van der Waals surface area contributed by atoms with Gasteiger partial charge in [-0.3, -0.25) is 0 Å². The fraction of sp³-hybridized carbons (Fsp3) is 0.368. The molecule has 5 nitrogen and oxygen atoms in total. The van der Waals surface area contributed by atoms with Crippen LogP contribution in [0.15, 0.2) is 24.3 Å². The largest absolute Gasteiger partial charge is 0.438 e. The Morgan fingerprint density at radius 3 is 2.67 bits per heavy atom. The number of nitrogens with one attached hydrogen (secondary N) is 2. The van der Waals surface area contributed by atoms with Crippen molar-refractivity contribution >= 4 is 11.5 Å². The Kier molecular flexibility index (Phi) is 4.85. The lowest BCUT2D eigenvalue weighted by molar-refractivity contribution is 0.441. The molecule has 0 spiro atoms. The molecule has 3 rings (SSSR count). The van der Waals surface area contributed by atoms with E-state index >= 15 is 0 Å². The summed E-state index contributed by atoms with van der Waals surface area (Å²) in [5.41, 5.74) is 3.49. The first kappa shape index (κ1) is 16.1. The van der Waals surface area contributed by atoms with Crippen molar-refractivity contribution in [3.05, 3.63) is 41.0 Å². The summed E-state index contributed by atoms with van der Waals surface area (Å²) in [6, 6.07) is 10.3. The molecule has 1 aliphatic heterocycles. The molecule has 2 N–H and O–H groups in total. The van der Waals surface area contributed by atoms with Gasteiger partial charge in [-0.25, -0.2) is 0 Å². The molecule has 1 aromatic heterocycles. The first-order chi connectivity index (χ1) is 11.8. The topological polar surface area (TPSA) is 70.0 Å². The summed E-state index contributed by atoms with van der Waals surface area (Å²) in [6.45, 7) is 5.76. The van der Waals surface area contributed by atoms with E-state index in [1.807, 2.05) is 18.2 Å². The van der Waals surface area contributed by atoms with Gasteiger partial charge in [0.1, 0.15) is 23.2 Å². The monoisotopic (exact) mass is 322 g/mol. The highest BCUT2D eigenvalue weighted by molar-refractivity contribution is 5.75. The van der Waals surface area contributed by atoms with Crippen LogP contribution in [0, 0.1) is 11.3 Å². The van der Waals surface area contributed by atoms with Crippen LogP contribution in [0.1, 0.15) is 43.4 Å². The van der Waals surface area contributed by atoms with Crippen LogP contribution in [0.25, 0.3) is 0 Å². The Morgan fingerprint density at radius 1 is 1.17 bits per heavy atom. The molecular formula is C19H22N4O. The average molecular weight is 322 g/mol. The lowest BCUT2D eigenvalue weighted by atomic mass is 9.98. The molecule has 1 aliphatic rings. The third-order valence-corrected chi connectivity index (χ3v) is 4.01. The maximum Gasteiger partial charge on any atom is 0.226 e. The van der Waals surface area contributed by atoms with E-state index in [-0.39, 0.29) is 0 Å². The van der Waals surface area contributed by atoms with Crippen molar-refractivity contribution in [3.63, 3.8) is 0 Å². The summed E-state index contributed by atoms with van der Waals surface area (Å²) >= 11 is 0. The number of nitrogens with zero attached hydrogens (tertiary/aromatic N) is 2. The van der Waals surface area contributed by atoms with E-state index in [9.17, 15) is 5.26 Å². The zero-order chi connectivity index (χ0) is 16.9. The van der Waals surface area contributed by atoms with Gasteiger partial charge in [0, 0.05) is 25.1 Å². The molecule has 0 atom stereocenters. The first-order valence-corrected chi connectivity index (χ1v) is 8.48. The highest BCUT2D eigenvalue weighted by atomic mass is 16.5. The third-order valence-electron chi connectivity index (χ3n) is 4.01. The molecule has 0 radical (unpaired) electrons. The van der Waals surface area contributed by atoms with Gasteiger partial charge in [0.2, 0.25) is 5.88 Å². The Hall–Kier alpha value is -2.74. The van der Waals surface area contributed by atoms with Gasteiger partial charge >= 0.3 is 0 Å². The van der Waals surface area contributed by atoms with Crippen molar-refractivity contribution in [2.24, 2.45) is 0 Å². The molecule has 0 fully saturated rings. The number of ether oxygens (including phenoxy) is 1. The zero-order valence-corrected chi connectivity index (χ0v) is 14.1. The number of pyridine rings is 1. The van der Waals surface area contributed by atoms with Crippen LogP contribution < -0.4 is 15.4 Å². The van der Waals surface area contributed by atoms with E-state index in [4.69, 9.17) is 4.74 Å². The van der Waals surface area contributed by atoms with Gasteiger partial charge in [-0.05, 0) is 24.5 Å². The number of rotatable bonds is 6. The second kappa shape index (κ2) is 7.22. The minimum absolute atomic E-state index is 0.568. The van der Waals surface area contributed by atoms with Crippen LogP contribution in [0.4, 0.5) is 11.5 Å². The van der Waals surface area contributed by atoms with E-state index < -0.39 is 0 Å². The van der Waals surface area contributed by atoms with Crippen LogP contribution in [-0.4, -0.2) is 18.1 Å². The number of para-hydroxylation sites is 1. The van der Waals surface area contributed by atoms with Crippen molar-refractivity contribution < 1.29 is 4.74 Å². The maximum absolute atomic E-state index is 9.68. The molecule has 0 saturated heterocycles. The first-order valence-electron chi connectivity index (χ1n) is 8.48. The summed E-state index contributed by atoms with van der Waals surface area (Å²) in [5, 5.41) is 16.3. The molecule has 0 amide bonds. The van der Waals surface area contributed by atoms with Gasteiger partial charge in [-0.2, -0.15) is 10.2 Å². The lowest BCUT2D eigenvalue weighted by Crippen LogP contribution is -2.15. The smallest absolute Gasteiger partial charge is 0.226 e. The molecule has 2 heterocycles. The van der Waals surface area contributed by atoms with Crippen molar-refractivity contribution in [2.45, 2.75) is 33.1 Å². The number of hydrogen-bond donors (Lipinski definition) is 2. The Balaban J connectivity index is 2.09. The minimum atomic E-state index is 0.568. The average Bonchev–Trinajstić information content (AvgIpc) is 2.62. The molecule has 1 aromatic carbocycles. The van der Waals surface area contributed by atoms with E-state index in [0.717, 1.165) is 48.5 Å². The predicted octanol–water partition coefficient (Wildman–Crippen LogP) is 4.29. The molecule has 0 unspecified atom stereocenters. The molecule has 5 heteroatoms. The fourth-order valence-electron chi connectivity index (χ4n) is 2.82. The van der Waals surface area contributed by atoms with Gasteiger partial charge < -0.3 is 15.4 Å². The van der Waals surface area contributed by atoms with Crippen LogP contribution in [0.2, 0.25) is 0 Å². The summed E-state index contributed by atoms with van der Waals surface area (Å²) in [5.74, 6) is 2.02. The summed E-state index contributed by atoms with van der Waals surface area (Å²) in [6.07, 6.45) is 2.66. The van der Waals surface area contributed by atoms with Gasteiger partial charge in [-0.15, -0.1) is 0 Å². The number of fused-ring (bicyclic) bond motifs is 2. The zero-order valence-electron chi connectivity index (χ0n) is 14.1. The molecule has 24 heavy (non-hydrogen) atoms. The molecular weight excluding hydrogens is 300 g/mol. The Bertz CT molecular complexity index is 780. The molecule has 0 bridgehead atoms. The molecule has 2 aromatic rings. The molecule has 124 valence electrons. The van der Waals surface area contributed by atoms with Crippen molar-refractivity contribution in [1.29, 1.82) is 5.26 Å². The van der Waals surface area contributed by atoms with Crippen molar-refractivity contribution in [1.82, 2.24) is 4.98 Å². The number of aromatic nitrogens is 1. The van der Waals surface area contributed by atoms with Crippen LogP contribution >= 0.6 is 0 Å². The Labute approximate surface area is 142 Å². The van der Waals surface area contributed by atoms with Gasteiger partial charge in [0.05, 0.1) is 5.69 Å². The minimum Gasteiger partial charge on any atom is -0.438 e. The van der Waals surface area contributed by atoms with Gasteiger partial charge in [-0.1, -0.05) is 32.0 Å². The number of hydrogen-bond acceptors (Lipinski definition) is 5. The van der Waals surface area contributed by atoms with E-state index in [2.05, 4.69) is 41.6 Å². The van der Waals surface area contributed by atoms with E-state index in [1.165, 1.54) is 0 Å². The second-order valence-electron chi connectivity index (χ2n) is 5.85. The van der Waals surface area contributed by atoms with Crippen LogP contribution in [0.5, 0.6) is 11.6 Å². The Morgan fingerprint density at radius 2 is 1.92 bits per heavy atom. The van der Waals surface area contributed by atoms with Crippen molar-refractivity contribution in [2.75, 3.05) is 23.7 Å². The molecule has 0 aliphatic carbocycles. The fourth-order valence-corrected chi connectivity index (χ4v) is 2.82. The summed E-state index contributed by atoms with van der Waals surface area (Å²) in [4.78, 5) is 4.59. The quantitative estimate of drug-likeness (QED) is 0.708. The summed E-state index contributed by atoms with van der Waals surface area (Å²) in [7, 11) is 0.